The maximum absolute atomic E-state index is 15.0. The minimum absolute atomic E-state index is 0.0742. The zero-order valence-electron chi connectivity index (χ0n) is 23.2. The standard InChI is InChI=1S/C33H52F2O/c1-3-5-7-8-9-10-24-11-13-25(14-12-24)26-15-16-28-23-29(18-17-27(28)22-26)30-19-20-31(33(35)32(30)34)36-21-6-4-2/h19-20,24-29H,3-18,21-23H2,1-2H3. The molecule has 0 amide bonds. The van der Waals surface area contributed by atoms with Crippen LogP contribution in [0.5, 0.6) is 5.75 Å². The number of ether oxygens (including phenoxy) is 1. The zero-order chi connectivity index (χ0) is 25.3. The van der Waals surface area contributed by atoms with E-state index in [4.69, 9.17) is 4.74 Å². The molecule has 0 aliphatic heterocycles. The third kappa shape index (κ3) is 7.25. The lowest BCUT2D eigenvalue weighted by Crippen LogP contribution is -2.34. The van der Waals surface area contributed by atoms with Gasteiger partial charge in [0.05, 0.1) is 6.61 Å². The number of halogens is 2. The summed E-state index contributed by atoms with van der Waals surface area (Å²) in [6, 6.07) is 3.46. The first kappa shape index (κ1) is 27.9. The molecule has 3 saturated carbocycles. The van der Waals surface area contributed by atoms with Crippen molar-refractivity contribution in [2.24, 2.45) is 29.6 Å². The summed E-state index contributed by atoms with van der Waals surface area (Å²) in [6.45, 7) is 4.81. The molecule has 36 heavy (non-hydrogen) atoms. The van der Waals surface area contributed by atoms with E-state index >= 15 is 0 Å². The highest BCUT2D eigenvalue weighted by Gasteiger charge is 2.39. The summed E-state index contributed by atoms with van der Waals surface area (Å²) in [6.07, 6.45) is 23.5. The summed E-state index contributed by atoms with van der Waals surface area (Å²) in [5, 5.41) is 0. The lowest BCUT2D eigenvalue weighted by atomic mass is 9.60. The van der Waals surface area contributed by atoms with Gasteiger partial charge in [-0.25, -0.2) is 4.39 Å². The summed E-state index contributed by atoms with van der Waals surface area (Å²) in [4.78, 5) is 0. The van der Waals surface area contributed by atoms with Crippen molar-refractivity contribution in [1.29, 1.82) is 0 Å². The lowest BCUT2D eigenvalue weighted by molar-refractivity contribution is 0.0705. The van der Waals surface area contributed by atoms with Crippen LogP contribution in [0.25, 0.3) is 0 Å². The molecule has 0 saturated heterocycles. The van der Waals surface area contributed by atoms with Gasteiger partial charge < -0.3 is 4.74 Å². The number of unbranched alkanes of at least 4 members (excludes halogenated alkanes) is 5. The fourth-order valence-corrected chi connectivity index (χ4v) is 7.92. The van der Waals surface area contributed by atoms with E-state index in [0.717, 1.165) is 49.4 Å². The topological polar surface area (TPSA) is 9.23 Å². The van der Waals surface area contributed by atoms with Gasteiger partial charge in [-0.3, -0.25) is 0 Å². The van der Waals surface area contributed by atoms with Crippen LogP contribution < -0.4 is 4.74 Å². The van der Waals surface area contributed by atoms with Crippen LogP contribution in [0.1, 0.15) is 141 Å². The van der Waals surface area contributed by atoms with Gasteiger partial charge in [-0.15, -0.1) is 0 Å². The molecule has 1 aromatic rings. The Balaban J connectivity index is 1.22. The van der Waals surface area contributed by atoms with Crippen LogP contribution in [0.2, 0.25) is 0 Å². The number of benzene rings is 1. The predicted molar refractivity (Wildman–Crippen MR) is 146 cm³/mol. The summed E-state index contributed by atoms with van der Waals surface area (Å²) in [7, 11) is 0. The molecular formula is C33H52F2O. The molecule has 4 atom stereocenters. The molecule has 0 aromatic heterocycles. The Labute approximate surface area is 220 Å². The van der Waals surface area contributed by atoms with E-state index in [1.165, 1.54) is 89.9 Å². The van der Waals surface area contributed by atoms with Gasteiger partial charge >= 0.3 is 0 Å². The number of hydrogen-bond donors (Lipinski definition) is 0. The Kier molecular flexibility index (Phi) is 11.0. The number of rotatable bonds is 12. The van der Waals surface area contributed by atoms with Crippen LogP contribution in [-0.2, 0) is 0 Å². The van der Waals surface area contributed by atoms with Crippen molar-refractivity contribution >= 4 is 0 Å². The van der Waals surface area contributed by atoms with Gasteiger partial charge in [0.1, 0.15) is 0 Å². The molecule has 0 heterocycles. The summed E-state index contributed by atoms with van der Waals surface area (Å²) in [5.74, 6) is 3.15. The number of fused-ring (bicyclic) bond motifs is 1. The van der Waals surface area contributed by atoms with Crippen LogP contribution in [0.3, 0.4) is 0 Å². The predicted octanol–water partition coefficient (Wildman–Crippen LogP) is 10.6. The van der Waals surface area contributed by atoms with Crippen molar-refractivity contribution in [1.82, 2.24) is 0 Å². The van der Waals surface area contributed by atoms with Gasteiger partial charge in [0, 0.05) is 0 Å². The zero-order valence-corrected chi connectivity index (χ0v) is 23.2. The maximum Gasteiger partial charge on any atom is 0.200 e. The first-order valence-electron chi connectivity index (χ1n) is 15.7. The molecule has 4 unspecified atom stereocenters. The minimum Gasteiger partial charge on any atom is -0.490 e. The third-order valence-electron chi connectivity index (χ3n) is 10.2. The normalized spacial score (nSPS) is 30.7. The van der Waals surface area contributed by atoms with Crippen molar-refractivity contribution in [3.8, 4) is 5.75 Å². The third-order valence-corrected chi connectivity index (χ3v) is 10.2. The Morgan fingerprint density at radius 1 is 0.667 bits per heavy atom. The average molecular weight is 503 g/mol. The fraction of sp³-hybridized carbons (Fsp3) is 0.818. The van der Waals surface area contributed by atoms with Gasteiger partial charge in [-0.2, -0.15) is 4.39 Å². The SMILES string of the molecule is CCCCCCCC1CCC(C2CCC3CC(c4ccc(OCCCC)c(F)c4F)CCC3C2)CC1. The average Bonchev–Trinajstić information content (AvgIpc) is 2.91. The van der Waals surface area contributed by atoms with Crippen LogP contribution in [0.4, 0.5) is 8.78 Å². The van der Waals surface area contributed by atoms with Crippen molar-refractivity contribution in [3.05, 3.63) is 29.3 Å². The molecule has 4 rings (SSSR count). The molecule has 1 nitrogen and oxygen atoms in total. The van der Waals surface area contributed by atoms with Crippen molar-refractivity contribution in [2.45, 2.75) is 135 Å². The van der Waals surface area contributed by atoms with E-state index < -0.39 is 11.6 Å². The lowest BCUT2D eigenvalue weighted by Gasteiger charge is -2.45. The van der Waals surface area contributed by atoms with E-state index in [-0.39, 0.29) is 11.7 Å². The summed E-state index contributed by atoms with van der Waals surface area (Å²) < 4.78 is 35.2. The molecule has 0 spiro atoms. The highest BCUT2D eigenvalue weighted by atomic mass is 19.2. The van der Waals surface area contributed by atoms with Crippen molar-refractivity contribution in [3.63, 3.8) is 0 Å². The van der Waals surface area contributed by atoms with Crippen LogP contribution in [0.15, 0.2) is 12.1 Å². The highest BCUT2D eigenvalue weighted by Crippen LogP contribution is 2.51. The first-order chi connectivity index (χ1) is 17.6. The van der Waals surface area contributed by atoms with Crippen LogP contribution in [-0.4, -0.2) is 6.61 Å². The molecule has 3 fully saturated rings. The fourth-order valence-electron chi connectivity index (χ4n) is 7.92. The number of hydrogen-bond acceptors (Lipinski definition) is 1. The smallest absolute Gasteiger partial charge is 0.200 e. The maximum atomic E-state index is 15.0. The molecule has 0 bridgehead atoms. The Morgan fingerprint density at radius 3 is 2.06 bits per heavy atom. The molecule has 3 heteroatoms. The Hall–Kier alpha value is -1.12. The van der Waals surface area contributed by atoms with Crippen molar-refractivity contribution in [2.75, 3.05) is 6.61 Å². The minimum atomic E-state index is -0.786. The second kappa shape index (κ2) is 14.1. The molecule has 3 aliphatic rings. The molecule has 3 aliphatic carbocycles. The molecule has 1 aromatic carbocycles. The first-order valence-corrected chi connectivity index (χ1v) is 15.7. The van der Waals surface area contributed by atoms with Gasteiger partial charge in [0.25, 0.3) is 0 Å². The Morgan fingerprint density at radius 2 is 1.31 bits per heavy atom. The monoisotopic (exact) mass is 502 g/mol. The van der Waals surface area contributed by atoms with E-state index in [1.54, 1.807) is 12.1 Å². The van der Waals surface area contributed by atoms with Gasteiger partial charge in [-0.1, -0.05) is 77.7 Å². The van der Waals surface area contributed by atoms with E-state index in [0.29, 0.717) is 18.1 Å². The van der Waals surface area contributed by atoms with Crippen molar-refractivity contribution < 1.29 is 13.5 Å². The second-order valence-electron chi connectivity index (χ2n) is 12.6. The van der Waals surface area contributed by atoms with E-state index in [9.17, 15) is 8.78 Å². The molecule has 0 N–H and O–H groups in total. The van der Waals surface area contributed by atoms with E-state index in [1.807, 2.05) is 0 Å². The van der Waals surface area contributed by atoms with Crippen LogP contribution >= 0.6 is 0 Å². The summed E-state index contributed by atoms with van der Waals surface area (Å²) >= 11 is 0. The Bertz CT molecular complexity index is 784. The summed E-state index contributed by atoms with van der Waals surface area (Å²) in [5.41, 5.74) is 0.587. The molecule has 0 radical (unpaired) electrons. The second-order valence-corrected chi connectivity index (χ2v) is 12.6. The van der Waals surface area contributed by atoms with E-state index in [2.05, 4.69) is 13.8 Å². The highest BCUT2D eigenvalue weighted by molar-refractivity contribution is 5.33. The quantitative estimate of drug-likeness (QED) is 0.258. The molecule has 204 valence electrons. The van der Waals surface area contributed by atoms with Gasteiger partial charge in [0.2, 0.25) is 5.82 Å². The largest absolute Gasteiger partial charge is 0.490 e. The van der Waals surface area contributed by atoms with Gasteiger partial charge in [0.15, 0.2) is 11.6 Å². The van der Waals surface area contributed by atoms with Gasteiger partial charge in [-0.05, 0) is 105 Å². The van der Waals surface area contributed by atoms with Crippen LogP contribution in [0, 0.1) is 41.2 Å². The molecular weight excluding hydrogens is 450 g/mol.